The van der Waals surface area contributed by atoms with E-state index in [1.54, 1.807) is 0 Å². The number of anilines is 3. The highest BCUT2D eigenvalue weighted by Crippen LogP contribution is 2.24. The zero-order valence-electron chi connectivity index (χ0n) is 11.3. The highest BCUT2D eigenvalue weighted by atomic mass is 15.2. The highest BCUT2D eigenvalue weighted by molar-refractivity contribution is 5.52. The first-order valence-corrected chi connectivity index (χ1v) is 6.80. The Morgan fingerprint density at radius 1 is 1.39 bits per heavy atom. The van der Waals surface area contributed by atoms with Crippen LogP contribution in [0.15, 0.2) is 6.07 Å². The van der Waals surface area contributed by atoms with Gasteiger partial charge in [-0.2, -0.15) is 9.97 Å². The molecule has 18 heavy (non-hydrogen) atoms. The first-order valence-electron chi connectivity index (χ1n) is 6.80. The van der Waals surface area contributed by atoms with Crippen molar-refractivity contribution in [3.8, 4) is 0 Å². The van der Waals surface area contributed by atoms with Gasteiger partial charge in [0, 0.05) is 26.2 Å². The summed E-state index contributed by atoms with van der Waals surface area (Å²) in [4.78, 5) is 10.8. The number of nitrogens with one attached hydrogen (secondary N) is 1. The summed E-state index contributed by atoms with van der Waals surface area (Å²) in [6, 6.07) is 1.97. The SMILES string of the molecule is CCC1CCCN(c2cc(NC)nc(N)n2)CC1. The monoisotopic (exact) mass is 249 g/mol. The van der Waals surface area contributed by atoms with Crippen molar-refractivity contribution in [3.05, 3.63) is 6.07 Å². The van der Waals surface area contributed by atoms with Gasteiger partial charge < -0.3 is 16.0 Å². The van der Waals surface area contributed by atoms with Crippen LogP contribution in [0.4, 0.5) is 17.6 Å². The number of nitrogens with zero attached hydrogens (tertiary/aromatic N) is 3. The van der Waals surface area contributed by atoms with Crippen LogP contribution in [0.3, 0.4) is 0 Å². The van der Waals surface area contributed by atoms with Gasteiger partial charge in [-0.3, -0.25) is 0 Å². The summed E-state index contributed by atoms with van der Waals surface area (Å²) in [6.07, 6.45) is 5.08. The topological polar surface area (TPSA) is 67.1 Å². The Balaban J connectivity index is 2.13. The van der Waals surface area contributed by atoms with Gasteiger partial charge in [-0.05, 0) is 25.2 Å². The van der Waals surface area contributed by atoms with Gasteiger partial charge in [0.2, 0.25) is 5.95 Å². The minimum atomic E-state index is 0.341. The molecular formula is C13H23N5. The first-order chi connectivity index (χ1) is 8.72. The van der Waals surface area contributed by atoms with E-state index in [0.29, 0.717) is 5.95 Å². The Morgan fingerprint density at radius 2 is 2.22 bits per heavy atom. The maximum atomic E-state index is 5.75. The fourth-order valence-corrected chi connectivity index (χ4v) is 2.55. The Morgan fingerprint density at radius 3 is 2.94 bits per heavy atom. The van der Waals surface area contributed by atoms with Crippen LogP contribution in [0.1, 0.15) is 32.6 Å². The Labute approximate surface area is 109 Å². The quantitative estimate of drug-likeness (QED) is 0.859. The molecule has 1 aromatic rings. The summed E-state index contributed by atoms with van der Waals surface area (Å²) >= 11 is 0. The van der Waals surface area contributed by atoms with Gasteiger partial charge in [0.05, 0.1) is 0 Å². The van der Waals surface area contributed by atoms with Gasteiger partial charge in [-0.15, -0.1) is 0 Å². The summed E-state index contributed by atoms with van der Waals surface area (Å²) in [6.45, 7) is 4.41. The third kappa shape index (κ3) is 3.03. The summed E-state index contributed by atoms with van der Waals surface area (Å²) in [5.74, 6) is 2.93. The molecule has 1 aliphatic heterocycles. The molecule has 0 bridgehead atoms. The van der Waals surface area contributed by atoms with Crippen LogP contribution < -0.4 is 16.0 Å². The lowest BCUT2D eigenvalue weighted by molar-refractivity contribution is 0.459. The zero-order valence-corrected chi connectivity index (χ0v) is 11.3. The molecule has 1 atom stereocenters. The van der Waals surface area contributed by atoms with Gasteiger partial charge in [-0.1, -0.05) is 13.3 Å². The molecule has 0 radical (unpaired) electrons. The fourth-order valence-electron chi connectivity index (χ4n) is 2.55. The van der Waals surface area contributed by atoms with Crippen molar-refractivity contribution in [2.24, 2.45) is 5.92 Å². The summed E-state index contributed by atoms with van der Waals surface area (Å²) in [5, 5.41) is 3.03. The average Bonchev–Trinajstić information content (AvgIpc) is 2.63. The zero-order chi connectivity index (χ0) is 13.0. The molecular weight excluding hydrogens is 226 g/mol. The average molecular weight is 249 g/mol. The molecule has 0 aromatic carbocycles. The maximum Gasteiger partial charge on any atom is 0.223 e. The smallest absolute Gasteiger partial charge is 0.223 e. The van der Waals surface area contributed by atoms with Crippen LogP contribution in [-0.4, -0.2) is 30.1 Å². The molecule has 1 unspecified atom stereocenters. The molecule has 0 spiro atoms. The molecule has 5 heteroatoms. The van der Waals surface area contributed by atoms with E-state index in [-0.39, 0.29) is 0 Å². The van der Waals surface area contributed by atoms with Gasteiger partial charge >= 0.3 is 0 Å². The number of rotatable bonds is 3. The molecule has 1 saturated heterocycles. The number of nitrogens with two attached hydrogens (primary N) is 1. The maximum absolute atomic E-state index is 5.75. The second-order valence-electron chi connectivity index (χ2n) is 4.91. The number of aromatic nitrogens is 2. The molecule has 2 heterocycles. The van der Waals surface area contributed by atoms with Crippen LogP contribution in [0.5, 0.6) is 0 Å². The minimum absolute atomic E-state index is 0.341. The fraction of sp³-hybridized carbons (Fsp3) is 0.692. The van der Waals surface area contributed by atoms with Crippen molar-refractivity contribution in [2.45, 2.75) is 32.6 Å². The minimum Gasteiger partial charge on any atom is -0.373 e. The molecule has 1 aliphatic rings. The largest absolute Gasteiger partial charge is 0.373 e. The molecule has 0 saturated carbocycles. The van der Waals surface area contributed by atoms with E-state index < -0.39 is 0 Å². The van der Waals surface area contributed by atoms with E-state index in [1.807, 2.05) is 13.1 Å². The third-order valence-electron chi connectivity index (χ3n) is 3.74. The van der Waals surface area contributed by atoms with Crippen LogP contribution in [-0.2, 0) is 0 Å². The van der Waals surface area contributed by atoms with E-state index in [2.05, 4.69) is 27.1 Å². The second kappa shape index (κ2) is 5.89. The molecule has 100 valence electrons. The lowest BCUT2D eigenvalue weighted by Crippen LogP contribution is -2.25. The van der Waals surface area contributed by atoms with Crippen molar-refractivity contribution >= 4 is 17.6 Å². The molecule has 1 fully saturated rings. The number of hydrogen-bond donors (Lipinski definition) is 2. The highest BCUT2D eigenvalue weighted by Gasteiger charge is 2.17. The van der Waals surface area contributed by atoms with Crippen LogP contribution >= 0.6 is 0 Å². The number of hydrogen-bond acceptors (Lipinski definition) is 5. The van der Waals surface area contributed by atoms with Crippen molar-refractivity contribution in [3.63, 3.8) is 0 Å². The van der Waals surface area contributed by atoms with E-state index in [9.17, 15) is 0 Å². The van der Waals surface area contributed by atoms with Crippen molar-refractivity contribution < 1.29 is 0 Å². The normalized spacial score (nSPS) is 20.6. The van der Waals surface area contributed by atoms with Crippen LogP contribution in [0.2, 0.25) is 0 Å². The lowest BCUT2D eigenvalue weighted by atomic mass is 9.98. The molecule has 5 nitrogen and oxygen atoms in total. The van der Waals surface area contributed by atoms with Crippen LogP contribution in [0, 0.1) is 5.92 Å². The molecule has 3 N–H and O–H groups in total. The second-order valence-corrected chi connectivity index (χ2v) is 4.91. The van der Waals surface area contributed by atoms with Crippen molar-refractivity contribution in [1.29, 1.82) is 0 Å². The van der Waals surface area contributed by atoms with Crippen molar-refractivity contribution in [1.82, 2.24) is 9.97 Å². The predicted molar refractivity (Wildman–Crippen MR) is 75.8 cm³/mol. The van der Waals surface area contributed by atoms with Gasteiger partial charge in [0.25, 0.3) is 0 Å². The lowest BCUT2D eigenvalue weighted by Gasteiger charge is -2.22. The van der Waals surface area contributed by atoms with Gasteiger partial charge in [0.1, 0.15) is 11.6 Å². The molecule has 2 rings (SSSR count). The molecule has 0 aliphatic carbocycles. The summed E-state index contributed by atoms with van der Waals surface area (Å²) < 4.78 is 0. The molecule has 1 aromatic heterocycles. The third-order valence-corrected chi connectivity index (χ3v) is 3.74. The van der Waals surface area contributed by atoms with E-state index in [4.69, 9.17) is 5.73 Å². The standard InChI is InChI=1S/C13H23N5/c1-3-10-5-4-7-18(8-6-10)12-9-11(15-2)16-13(14)17-12/h9-10H,3-8H2,1-2H3,(H3,14,15,16,17). The van der Waals surface area contributed by atoms with E-state index in [1.165, 1.54) is 25.7 Å². The molecule has 0 amide bonds. The Kier molecular flexibility index (Phi) is 4.23. The Bertz CT molecular complexity index is 393. The van der Waals surface area contributed by atoms with Gasteiger partial charge in [-0.25, -0.2) is 0 Å². The number of nitrogen functional groups attached to an aromatic ring is 1. The van der Waals surface area contributed by atoms with Gasteiger partial charge in [0.15, 0.2) is 0 Å². The summed E-state index contributed by atoms with van der Waals surface area (Å²) in [7, 11) is 1.85. The first kappa shape index (κ1) is 12.9. The van der Waals surface area contributed by atoms with E-state index in [0.717, 1.165) is 30.6 Å². The van der Waals surface area contributed by atoms with Crippen molar-refractivity contribution in [2.75, 3.05) is 36.1 Å². The van der Waals surface area contributed by atoms with E-state index >= 15 is 0 Å². The Hall–Kier alpha value is -1.52. The van der Waals surface area contributed by atoms with Crippen LogP contribution in [0.25, 0.3) is 0 Å². The summed E-state index contributed by atoms with van der Waals surface area (Å²) in [5.41, 5.74) is 5.75. The predicted octanol–water partition coefficient (Wildman–Crippen LogP) is 2.12.